The second kappa shape index (κ2) is 34.9. The summed E-state index contributed by atoms with van der Waals surface area (Å²) in [5.74, 6) is -1.34. The molecule has 0 aliphatic heterocycles. The average molecular weight is 889 g/mol. The number of allylic oxidation sites excluding steroid dienone is 8. The van der Waals surface area contributed by atoms with Crippen molar-refractivity contribution >= 4 is 19.8 Å². The third-order valence-corrected chi connectivity index (χ3v) is 11.0. The number of ether oxygens (including phenoxy) is 2. The highest BCUT2D eigenvalue weighted by Gasteiger charge is 2.51. The maximum Gasteiger partial charge on any atom is 0.472 e. The normalized spacial score (nSPS) is 23.6. The van der Waals surface area contributed by atoms with Crippen LogP contribution in [0.5, 0.6) is 0 Å². The van der Waals surface area contributed by atoms with Crippen LogP contribution in [0.3, 0.4) is 0 Å². The van der Waals surface area contributed by atoms with Gasteiger partial charge in [-0.1, -0.05) is 132 Å². The standard InChI is InChI=1S/C45H77O15P/c1-3-5-7-8-9-10-11-12-13-14-18-21-25-31-38(48)57-33-37(34-58-61(55,56)60-45-43(53)41(51)40(50)42(52)44(45)54)59-39(49)32-26-30-36(47)29-24-20-17-15-16-19-23-28-35(46)27-22-6-4-2/h10-11,16-17,19-20,23-24,28-29,35-37,40-47,50-54H,3-9,12-15,18,21-22,25-27,30-34H2,1-2H3,(H,55,56)/b11-10-,19-16-,20-17-,28-23+,29-24+/t35-,36-,37-,40?,41-,42+,43-,44-,45?/m1/s1. The molecule has 0 aromatic heterocycles. The predicted molar refractivity (Wildman–Crippen MR) is 233 cm³/mol. The highest BCUT2D eigenvalue weighted by atomic mass is 31.2. The van der Waals surface area contributed by atoms with E-state index in [2.05, 4.69) is 26.0 Å². The second-order valence-electron chi connectivity index (χ2n) is 15.6. The summed E-state index contributed by atoms with van der Waals surface area (Å²) in [6, 6.07) is 0. The number of esters is 2. The third kappa shape index (κ3) is 28.0. The molecule has 1 fully saturated rings. The van der Waals surface area contributed by atoms with Gasteiger partial charge in [0.05, 0.1) is 18.8 Å². The fourth-order valence-electron chi connectivity index (χ4n) is 6.32. The minimum absolute atomic E-state index is 0.105. The number of unbranched alkanes of at least 4 members (excludes halogenated alkanes) is 11. The van der Waals surface area contributed by atoms with Crippen LogP contribution < -0.4 is 0 Å². The number of carbonyl (C=O) groups excluding carboxylic acids is 2. The molecule has 352 valence electrons. The van der Waals surface area contributed by atoms with E-state index in [-0.39, 0.29) is 25.7 Å². The Hall–Kier alpha value is -2.53. The third-order valence-electron chi connectivity index (χ3n) is 10.0. The summed E-state index contributed by atoms with van der Waals surface area (Å²) < 4.78 is 33.3. The summed E-state index contributed by atoms with van der Waals surface area (Å²) in [4.78, 5) is 35.6. The Morgan fingerprint density at radius 2 is 1.08 bits per heavy atom. The number of aliphatic hydroxyl groups is 7. The molecule has 1 aliphatic rings. The summed E-state index contributed by atoms with van der Waals surface area (Å²) in [6.45, 7) is 2.96. The van der Waals surface area contributed by atoms with Gasteiger partial charge < -0.3 is 50.1 Å². The monoisotopic (exact) mass is 889 g/mol. The first-order valence-electron chi connectivity index (χ1n) is 22.3. The van der Waals surface area contributed by atoms with Gasteiger partial charge in [0.25, 0.3) is 0 Å². The maximum atomic E-state index is 12.8. The zero-order valence-corrected chi connectivity index (χ0v) is 37.3. The van der Waals surface area contributed by atoms with Crippen LogP contribution in [0, 0.1) is 0 Å². The number of hydrogen-bond donors (Lipinski definition) is 8. The van der Waals surface area contributed by atoms with Crippen molar-refractivity contribution in [2.45, 2.75) is 197 Å². The molecule has 0 aromatic rings. The summed E-state index contributed by atoms with van der Waals surface area (Å²) >= 11 is 0. The fraction of sp³-hybridized carbons (Fsp3) is 0.733. The lowest BCUT2D eigenvalue weighted by Crippen LogP contribution is -2.64. The van der Waals surface area contributed by atoms with E-state index in [4.69, 9.17) is 18.5 Å². The average Bonchev–Trinajstić information content (AvgIpc) is 3.23. The molecule has 16 heteroatoms. The van der Waals surface area contributed by atoms with Crippen LogP contribution in [0.15, 0.2) is 60.8 Å². The van der Waals surface area contributed by atoms with Crippen molar-refractivity contribution in [2.75, 3.05) is 13.2 Å². The van der Waals surface area contributed by atoms with Crippen LogP contribution in [0.4, 0.5) is 0 Å². The van der Waals surface area contributed by atoms with Gasteiger partial charge in [-0.05, 0) is 57.8 Å². The Bertz CT molecular complexity index is 1330. The van der Waals surface area contributed by atoms with E-state index in [0.29, 0.717) is 12.8 Å². The topological polar surface area (TPSA) is 250 Å². The van der Waals surface area contributed by atoms with Gasteiger partial charge in [0.1, 0.15) is 43.2 Å². The molecule has 0 aromatic carbocycles. The molecule has 0 saturated heterocycles. The quantitative estimate of drug-likeness (QED) is 0.0118. The number of aliphatic hydroxyl groups excluding tert-OH is 7. The van der Waals surface area contributed by atoms with E-state index >= 15 is 0 Å². The number of phosphoric ester groups is 1. The highest BCUT2D eigenvalue weighted by Crippen LogP contribution is 2.47. The van der Waals surface area contributed by atoms with Crippen LogP contribution in [0.1, 0.15) is 142 Å². The van der Waals surface area contributed by atoms with E-state index in [1.165, 1.54) is 25.7 Å². The first-order chi connectivity index (χ1) is 29.2. The van der Waals surface area contributed by atoms with Gasteiger partial charge in [-0.15, -0.1) is 0 Å². The predicted octanol–water partition coefficient (Wildman–Crippen LogP) is 6.11. The molecule has 8 N–H and O–H groups in total. The lowest BCUT2D eigenvalue weighted by Gasteiger charge is -2.41. The van der Waals surface area contributed by atoms with Crippen molar-refractivity contribution in [2.24, 2.45) is 0 Å². The molecule has 0 heterocycles. The van der Waals surface area contributed by atoms with E-state index in [9.17, 15) is 54.8 Å². The molecule has 0 amide bonds. The van der Waals surface area contributed by atoms with E-state index in [1.807, 2.05) is 24.3 Å². The van der Waals surface area contributed by atoms with E-state index < -0.39 is 87.9 Å². The highest BCUT2D eigenvalue weighted by molar-refractivity contribution is 7.47. The molecule has 0 bridgehead atoms. The van der Waals surface area contributed by atoms with Crippen molar-refractivity contribution in [1.82, 2.24) is 0 Å². The first kappa shape index (κ1) is 56.5. The fourth-order valence-corrected chi connectivity index (χ4v) is 7.29. The minimum atomic E-state index is -5.19. The van der Waals surface area contributed by atoms with Gasteiger partial charge >= 0.3 is 19.8 Å². The minimum Gasteiger partial charge on any atom is -0.462 e. The van der Waals surface area contributed by atoms with Gasteiger partial charge in [0.15, 0.2) is 6.10 Å². The first-order valence-corrected chi connectivity index (χ1v) is 23.8. The molecule has 15 nitrogen and oxygen atoms in total. The second-order valence-corrected chi connectivity index (χ2v) is 17.0. The van der Waals surface area contributed by atoms with Gasteiger partial charge in [-0.2, -0.15) is 0 Å². The Labute approximate surface area is 363 Å². The van der Waals surface area contributed by atoms with Gasteiger partial charge in [0.2, 0.25) is 0 Å². The van der Waals surface area contributed by atoms with Gasteiger partial charge in [-0.25, -0.2) is 4.57 Å². The molecular formula is C45H77O15P. The zero-order valence-electron chi connectivity index (χ0n) is 36.4. The van der Waals surface area contributed by atoms with Crippen molar-refractivity contribution in [3.05, 3.63) is 60.8 Å². The molecule has 1 saturated carbocycles. The molecule has 3 unspecified atom stereocenters. The van der Waals surface area contributed by atoms with Gasteiger partial charge in [0, 0.05) is 12.8 Å². The number of rotatable bonds is 35. The molecular weight excluding hydrogens is 811 g/mol. The Morgan fingerprint density at radius 3 is 1.67 bits per heavy atom. The number of phosphoric acid groups is 1. The maximum absolute atomic E-state index is 12.8. The van der Waals surface area contributed by atoms with Crippen molar-refractivity contribution in [3.63, 3.8) is 0 Å². The summed E-state index contributed by atoms with van der Waals surface area (Å²) in [5.41, 5.74) is 0. The number of carbonyl (C=O) groups is 2. The molecule has 1 rings (SSSR count). The molecule has 1 aliphatic carbocycles. The number of hydrogen-bond acceptors (Lipinski definition) is 14. The van der Waals surface area contributed by atoms with Crippen LogP contribution in [-0.4, -0.2) is 121 Å². The summed E-state index contributed by atoms with van der Waals surface area (Å²) in [7, 11) is -5.19. The van der Waals surface area contributed by atoms with Crippen LogP contribution in [0.2, 0.25) is 0 Å². The Kier molecular flexibility index (Phi) is 32.3. The van der Waals surface area contributed by atoms with Crippen molar-refractivity contribution < 1.29 is 73.3 Å². The van der Waals surface area contributed by atoms with E-state index in [1.54, 1.807) is 24.3 Å². The SMILES string of the molecule is CCCCCC/C=C\CCCCCCCC(=O)OC[C@H](COP(=O)(O)OC1[C@H](O)[C@H](O)C(O)[C@H](O)[C@H]1O)OC(=O)CCC[C@H](O)/C=C/C=C\C/C=C\C=C\[C@H](O)CCCCC. The smallest absolute Gasteiger partial charge is 0.462 e. The summed E-state index contributed by atoms with van der Waals surface area (Å²) in [5, 5.41) is 70.3. The zero-order chi connectivity index (χ0) is 45.3. The Morgan fingerprint density at radius 1 is 0.590 bits per heavy atom. The van der Waals surface area contributed by atoms with Crippen LogP contribution >= 0.6 is 7.82 Å². The van der Waals surface area contributed by atoms with Crippen molar-refractivity contribution in [3.8, 4) is 0 Å². The summed E-state index contributed by atoms with van der Waals surface area (Å²) in [6.07, 6.45) is 20.5. The lowest BCUT2D eigenvalue weighted by molar-refractivity contribution is -0.220. The molecule has 10 atom stereocenters. The van der Waals surface area contributed by atoms with Gasteiger partial charge in [-0.3, -0.25) is 18.6 Å². The van der Waals surface area contributed by atoms with E-state index in [0.717, 1.165) is 64.2 Å². The van der Waals surface area contributed by atoms with Crippen LogP contribution in [0.25, 0.3) is 0 Å². The molecule has 0 spiro atoms. The Balaban J connectivity index is 2.61. The molecule has 0 radical (unpaired) electrons. The lowest BCUT2D eigenvalue weighted by atomic mass is 9.85. The van der Waals surface area contributed by atoms with Crippen molar-refractivity contribution in [1.29, 1.82) is 0 Å². The molecule has 61 heavy (non-hydrogen) atoms. The van der Waals surface area contributed by atoms with Crippen LogP contribution in [-0.2, 0) is 32.7 Å². The largest absolute Gasteiger partial charge is 0.472 e.